The van der Waals surface area contributed by atoms with Crippen LogP contribution in [0.3, 0.4) is 0 Å². The highest BCUT2D eigenvalue weighted by molar-refractivity contribution is 6.15. The molecule has 0 N–H and O–H groups in total. The van der Waals surface area contributed by atoms with Crippen LogP contribution in [0.25, 0.3) is 65.7 Å². The molecular formula is C45H31NO. The van der Waals surface area contributed by atoms with Gasteiger partial charge in [0.1, 0.15) is 11.3 Å². The van der Waals surface area contributed by atoms with Gasteiger partial charge >= 0.3 is 0 Å². The van der Waals surface area contributed by atoms with E-state index in [0.29, 0.717) is 0 Å². The maximum atomic E-state index is 6.32. The van der Waals surface area contributed by atoms with E-state index in [-0.39, 0.29) is 0 Å². The lowest BCUT2D eigenvalue weighted by Crippen LogP contribution is -2.11. The number of para-hydroxylation sites is 1. The van der Waals surface area contributed by atoms with Crippen molar-refractivity contribution in [1.82, 2.24) is 0 Å². The number of aryl methyl sites for hydroxylation is 1. The second-order valence-electron chi connectivity index (χ2n) is 12.2. The number of benzene rings is 8. The molecule has 2 heteroatoms. The molecule has 0 aliphatic rings. The summed E-state index contributed by atoms with van der Waals surface area (Å²) in [6, 6.07) is 60.9. The Hall–Kier alpha value is -6.12. The van der Waals surface area contributed by atoms with Crippen molar-refractivity contribution in [3.63, 3.8) is 0 Å². The molecule has 0 saturated heterocycles. The third kappa shape index (κ3) is 4.57. The molecule has 8 aromatic carbocycles. The Morgan fingerprint density at radius 3 is 1.83 bits per heavy atom. The van der Waals surface area contributed by atoms with Crippen LogP contribution in [0, 0.1) is 6.92 Å². The number of fused-ring (bicyclic) bond motifs is 5. The van der Waals surface area contributed by atoms with Crippen LogP contribution in [0.1, 0.15) is 5.56 Å². The van der Waals surface area contributed by atoms with Crippen molar-refractivity contribution in [3.8, 4) is 22.5 Å². The van der Waals surface area contributed by atoms with Crippen molar-refractivity contribution in [2.45, 2.75) is 6.92 Å². The highest BCUT2D eigenvalue weighted by atomic mass is 16.3. The fraction of sp³-hybridized carbons (Fsp3) is 0.0222. The molecule has 9 rings (SSSR count). The Kier molecular flexibility index (Phi) is 6.39. The van der Waals surface area contributed by atoms with Crippen LogP contribution in [0.5, 0.6) is 0 Å². The smallest absolute Gasteiger partial charge is 0.138 e. The Balaban J connectivity index is 1.20. The van der Waals surface area contributed by atoms with Gasteiger partial charge in [0.2, 0.25) is 0 Å². The van der Waals surface area contributed by atoms with E-state index >= 15 is 0 Å². The molecule has 47 heavy (non-hydrogen) atoms. The number of anilines is 3. The van der Waals surface area contributed by atoms with E-state index in [9.17, 15) is 0 Å². The highest BCUT2D eigenvalue weighted by Gasteiger charge is 2.19. The van der Waals surface area contributed by atoms with Crippen molar-refractivity contribution in [2.75, 3.05) is 4.90 Å². The number of nitrogens with zero attached hydrogens (tertiary/aromatic N) is 1. The van der Waals surface area contributed by atoms with E-state index < -0.39 is 0 Å². The molecule has 0 unspecified atom stereocenters. The molecular weight excluding hydrogens is 571 g/mol. The molecule has 0 saturated carbocycles. The maximum absolute atomic E-state index is 6.32. The zero-order chi connectivity index (χ0) is 31.3. The average Bonchev–Trinajstić information content (AvgIpc) is 3.48. The molecule has 222 valence electrons. The van der Waals surface area contributed by atoms with Gasteiger partial charge in [-0.1, -0.05) is 133 Å². The van der Waals surface area contributed by atoms with Gasteiger partial charge in [-0.3, -0.25) is 0 Å². The monoisotopic (exact) mass is 601 g/mol. The van der Waals surface area contributed by atoms with E-state index in [1.165, 1.54) is 37.9 Å². The molecule has 1 aromatic heterocycles. The van der Waals surface area contributed by atoms with E-state index in [0.717, 1.165) is 50.5 Å². The summed E-state index contributed by atoms with van der Waals surface area (Å²) in [6.45, 7) is 2.14. The van der Waals surface area contributed by atoms with Crippen LogP contribution in [0.4, 0.5) is 17.1 Å². The predicted octanol–water partition coefficient (Wildman–Crippen LogP) is 13.0. The standard InChI is InChI=1S/C45H31NO/c1-30-37-17-8-9-23-44(37)47-45(30)35-16-10-15-33(28-35)31-24-26-36(27-25-31)46(42-22-11-14-32-12-2-5-19-39(32)42)43-29-34-13-3-4-18-38(34)40-20-6-7-21-41(40)43/h2-29H,1H3. The first-order chi connectivity index (χ1) is 23.2. The molecule has 0 aliphatic carbocycles. The summed E-state index contributed by atoms with van der Waals surface area (Å²) in [4.78, 5) is 2.43. The van der Waals surface area contributed by atoms with Crippen LogP contribution < -0.4 is 4.90 Å². The number of hydrogen-bond acceptors (Lipinski definition) is 2. The van der Waals surface area contributed by atoms with Crippen LogP contribution >= 0.6 is 0 Å². The SMILES string of the molecule is Cc1c(-c2cccc(-c3ccc(N(c4cccc5ccccc45)c4cc5ccccc5c5ccccc45)cc3)c2)oc2ccccc12. The quantitative estimate of drug-likeness (QED) is 0.182. The molecule has 2 nitrogen and oxygen atoms in total. The Morgan fingerprint density at radius 1 is 0.404 bits per heavy atom. The summed E-state index contributed by atoms with van der Waals surface area (Å²) in [7, 11) is 0. The maximum Gasteiger partial charge on any atom is 0.138 e. The first-order valence-electron chi connectivity index (χ1n) is 16.1. The van der Waals surface area contributed by atoms with Crippen molar-refractivity contribution in [2.24, 2.45) is 0 Å². The van der Waals surface area contributed by atoms with Crippen molar-refractivity contribution in [1.29, 1.82) is 0 Å². The lowest BCUT2D eigenvalue weighted by molar-refractivity contribution is 0.629. The first-order valence-corrected chi connectivity index (χ1v) is 16.1. The molecule has 0 spiro atoms. The highest BCUT2D eigenvalue weighted by Crippen LogP contribution is 2.44. The lowest BCUT2D eigenvalue weighted by atomic mass is 9.97. The Bertz CT molecular complexity index is 2590. The van der Waals surface area contributed by atoms with E-state index in [4.69, 9.17) is 4.42 Å². The number of furan rings is 1. The van der Waals surface area contributed by atoms with Crippen molar-refractivity contribution < 1.29 is 4.42 Å². The van der Waals surface area contributed by atoms with Gasteiger partial charge in [0.25, 0.3) is 0 Å². The summed E-state index contributed by atoms with van der Waals surface area (Å²) in [5.74, 6) is 0.926. The van der Waals surface area contributed by atoms with Gasteiger partial charge in [-0.2, -0.15) is 0 Å². The van der Waals surface area contributed by atoms with Crippen LogP contribution in [-0.4, -0.2) is 0 Å². The third-order valence-electron chi connectivity index (χ3n) is 9.42. The topological polar surface area (TPSA) is 16.4 Å². The molecule has 0 aliphatic heterocycles. The van der Waals surface area contributed by atoms with Crippen LogP contribution in [-0.2, 0) is 0 Å². The first kappa shape index (κ1) is 27.2. The summed E-state index contributed by atoms with van der Waals surface area (Å²) in [5, 5.41) is 8.55. The minimum Gasteiger partial charge on any atom is -0.456 e. The molecule has 0 atom stereocenters. The summed E-state index contributed by atoms with van der Waals surface area (Å²) in [6.07, 6.45) is 0. The van der Waals surface area contributed by atoms with Crippen LogP contribution in [0.15, 0.2) is 174 Å². The fourth-order valence-corrected chi connectivity index (χ4v) is 7.12. The fourth-order valence-electron chi connectivity index (χ4n) is 7.12. The molecule has 0 amide bonds. The predicted molar refractivity (Wildman–Crippen MR) is 199 cm³/mol. The molecule has 0 radical (unpaired) electrons. The number of rotatable bonds is 5. The Labute approximate surface area is 273 Å². The third-order valence-corrected chi connectivity index (χ3v) is 9.42. The van der Waals surface area contributed by atoms with E-state index in [2.05, 4.69) is 170 Å². The normalized spacial score (nSPS) is 11.5. The van der Waals surface area contributed by atoms with Gasteiger partial charge in [0, 0.05) is 33.0 Å². The van der Waals surface area contributed by atoms with Gasteiger partial charge in [-0.15, -0.1) is 0 Å². The second-order valence-corrected chi connectivity index (χ2v) is 12.2. The summed E-state index contributed by atoms with van der Waals surface area (Å²) >= 11 is 0. The molecule has 0 fully saturated rings. The zero-order valence-electron chi connectivity index (χ0n) is 26.0. The van der Waals surface area contributed by atoms with Crippen molar-refractivity contribution in [3.05, 3.63) is 175 Å². The minimum absolute atomic E-state index is 0.921. The molecule has 0 bridgehead atoms. The average molecular weight is 602 g/mol. The minimum atomic E-state index is 0.921. The zero-order valence-corrected chi connectivity index (χ0v) is 26.0. The Morgan fingerprint density at radius 2 is 1.02 bits per heavy atom. The lowest BCUT2D eigenvalue weighted by Gasteiger charge is -2.29. The number of hydrogen-bond donors (Lipinski definition) is 0. The summed E-state index contributed by atoms with van der Waals surface area (Å²) < 4.78 is 6.32. The molecule has 9 aromatic rings. The van der Waals surface area contributed by atoms with Gasteiger partial charge < -0.3 is 9.32 Å². The van der Waals surface area contributed by atoms with E-state index in [1.807, 2.05) is 12.1 Å². The van der Waals surface area contributed by atoms with Crippen LogP contribution in [0.2, 0.25) is 0 Å². The van der Waals surface area contributed by atoms with Crippen molar-refractivity contribution >= 4 is 60.3 Å². The molecule has 1 heterocycles. The summed E-state index contributed by atoms with van der Waals surface area (Å²) in [5.41, 5.74) is 8.90. The van der Waals surface area contributed by atoms with Gasteiger partial charge in [0.05, 0.1) is 11.4 Å². The van der Waals surface area contributed by atoms with Gasteiger partial charge in [-0.25, -0.2) is 0 Å². The van der Waals surface area contributed by atoms with Gasteiger partial charge in [-0.05, 0) is 76.0 Å². The second kappa shape index (κ2) is 11.0. The van der Waals surface area contributed by atoms with Gasteiger partial charge in [0.15, 0.2) is 0 Å². The van der Waals surface area contributed by atoms with E-state index in [1.54, 1.807) is 0 Å². The largest absolute Gasteiger partial charge is 0.456 e.